The summed E-state index contributed by atoms with van der Waals surface area (Å²) in [5.74, 6) is 1.86. The van der Waals surface area contributed by atoms with E-state index in [-0.39, 0.29) is 10.8 Å². The standard InChI is InChI=1S/C35H28O/c1-34(2)28-14-8-7-13-26(28)27-21-23(17-19-29(27)34)24-18-20-33-31(22-24)35(3,25-11-5-4-6-12-25)30-15-9-10-16-32(30)36-33/h4-22H,1-3H3. The lowest BCUT2D eigenvalue weighted by atomic mass is 9.69. The Morgan fingerprint density at radius 2 is 1.08 bits per heavy atom. The SMILES string of the molecule is CC1(C)c2ccccc2-c2cc(-c3ccc4c(c3)C(C)(c3ccccc3)c3ccccc3O4)ccc21. The van der Waals surface area contributed by atoms with Crippen LogP contribution in [0.25, 0.3) is 22.3 Å². The number of rotatable bonds is 2. The largest absolute Gasteiger partial charge is 0.457 e. The first-order valence-electron chi connectivity index (χ1n) is 12.7. The van der Waals surface area contributed by atoms with Crippen LogP contribution in [0.4, 0.5) is 0 Å². The topological polar surface area (TPSA) is 9.23 Å². The van der Waals surface area contributed by atoms with E-state index in [0.717, 1.165) is 11.5 Å². The van der Waals surface area contributed by atoms with Crippen LogP contribution in [0.3, 0.4) is 0 Å². The second kappa shape index (κ2) is 7.45. The molecule has 1 heterocycles. The zero-order valence-electron chi connectivity index (χ0n) is 20.9. The minimum absolute atomic E-state index is 0.0176. The normalized spacial score (nSPS) is 18.4. The molecule has 1 heteroatoms. The van der Waals surface area contributed by atoms with Crippen LogP contribution >= 0.6 is 0 Å². The number of hydrogen-bond donors (Lipinski definition) is 0. The van der Waals surface area contributed by atoms with Crippen molar-refractivity contribution in [3.63, 3.8) is 0 Å². The predicted molar refractivity (Wildman–Crippen MR) is 148 cm³/mol. The molecule has 1 unspecified atom stereocenters. The van der Waals surface area contributed by atoms with Gasteiger partial charge >= 0.3 is 0 Å². The zero-order valence-corrected chi connectivity index (χ0v) is 20.9. The Morgan fingerprint density at radius 3 is 1.92 bits per heavy atom. The van der Waals surface area contributed by atoms with E-state index in [9.17, 15) is 0 Å². The molecule has 0 amide bonds. The molecule has 0 aromatic heterocycles. The van der Waals surface area contributed by atoms with Crippen LogP contribution < -0.4 is 4.74 Å². The van der Waals surface area contributed by atoms with Gasteiger partial charge in [-0.3, -0.25) is 0 Å². The van der Waals surface area contributed by atoms with Crippen molar-refractivity contribution in [2.24, 2.45) is 0 Å². The van der Waals surface area contributed by atoms with Gasteiger partial charge in [0.25, 0.3) is 0 Å². The molecule has 0 radical (unpaired) electrons. The van der Waals surface area contributed by atoms with Crippen LogP contribution in [0.1, 0.15) is 48.6 Å². The summed E-state index contributed by atoms with van der Waals surface area (Å²) in [6, 6.07) is 41.7. The van der Waals surface area contributed by atoms with Gasteiger partial charge in [0, 0.05) is 22.0 Å². The van der Waals surface area contributed by atoms with E-state index in [1.54, 1.807) is 0 Å². The molecule has 5 aromatic carbocycles. The van der Waals surface area contributed by atoms with E-state index in [2.05, 4.69) is 130 Å². The molecule has 1 nitrogen and oxygen atoms in total. The molecule has 0 spiro atoms. The van der Waals surface area contributed by atoms with Gasteiger partial charge in [0.05, 0.1) is 0 Å². The highest BCUT2D eigenvalue weighted by molar-refractivity contribution is 5.85. The Labute approximate surface area is 213 Å². The third kappa shape index (κ3) is 2.83. The highest BCUT2D eigenvalue weighted by atomic mass is 16.5. The smallest absolute Gasteiger partial charge is 0.131 e. The van der Waals surface area contributed by atoms with E-state index >= 15 is 0 Å². The molecule has 5 aromatic rings. The van der Waals surface area contributed by atoms with Crippen LogP contribution in [0.5, 0.6) is 11.5 Å². The molecule has 2 aliphatic rings. The van der Waals surface area contributed by atoms with Crippen molar-refractivity contribution in [2.45, 2.75) is 31.6 Å². The molecule has 0 fully saturated rings. The molecule has 0 saturated heterocycles. The van der Waals surface area contributed by atoms with E-state index in [0.29, 0.717) is 0 Å². The lowest BCUT2D eigenvalue weighted by Crippen LogP contribution is -2.29. The van der Waals surface area contributed by atoms with Gasteiger partial charge in [-0.25, -0.2) is 0 Å². The monoisotopic (exact) mass is 464 g/mol. The number of benzene rings is 5. The quantitative estimate of drug-likeness (QED) is 0.253. The molecule has 0 bridgehead atoms. The summed E-state index contributed by atoms with van der Waals surface area (Å²) in [5, 5.41) is 0. The van der Waals surface area contributed by atoms with Crippen LogP contribution in [-0.4, -0.2) is 0 Å². The van der Waals surface area contributed by atoms with E-state index in [1.807, 2.05) is 6.07 Å². The molecule has 36 heavy (non-hydrogen) atoms. The predicted octanol–water partition coefficient (Wildman–Crippen LogP) is 9.12. The average molecular weight is 465 g/mol. The fourth-order valence-corrected chi connectivity index (χ4v) is 6.40. The highest BCUT2D eigenvalue weighted by Gasteiger charge is 2.40. The van der Waals surface area contributed by atoms with Gasteiger partial charge in [-0.05, 0) is 70.1 Å². The molecule has 1 aliphatic heterocycles. The van der Waals surface area contributed by atoms with Gasteiger partial charge in [-0.2, -0.15) is 0 Å². The average Bonchev–Trinajstić information content (AvgIpc) is 3.15. The lowest BCUT2D eigenvalue weighted by molar-refractivity contribution is 0.427. The maximum atomic E-state index is 6.43. The summed E-state index contributed by atoms with van der Waals surface area (Å²) in [6.07, 6.45) is 0. The maximum absolute atomic E-state index is 6.43. The van der Waals surface area contributed by atoms with Crippen molar-refractivity contribution in [1.29, 1.82) is 0 Å². The van der Waals surface area contributed by atoms with Crippen LogP contribution in [0, 0.1) is 0 Å². The lowest BCUT2D eigenvalue weighted by Gasteiger charge is -2.38. The summed E-state index contributed by atoms with van der Waals surface area (Å²) >= 11 is 0. The third-order valence-electron chi connectivity index (χ3n) is 8.43. The summed E-state index contributed by atoms with van der Waals surface area (Å²) in [4.78, 5) is 0. The second-order valence-corrected chi connectivity index (χ2v) is 10.7. The van der Waals surface area contributed by atoms with Crippen molar-refractivity contribution < 1.29 is 4.74 Å². The van der Waals surface area contributed by atoms with Crippen LogP contribution in [0.15, 0.2) is 115 Å². The number of para-hydroxylation sites is 1. The van der Waals surface area contributed by atoms with E-state index in [4.69, 9.17) is 4.74 Å². The second-order valence-electron chi connectivity index (χ2n) is 10.7. The molecule has 7 rings (SSSR count). The van der Waals surface area contributed by atoms with Gasteiger partial charge in [0.15, 0.2) is 0 Å². The Morgan fingerprint density at radius 1 is 0.472 bits per heavy atom. The van der Waals surface area contributed by atoms with Crippen molar-refractivity contribution in [3.8, 4) is 33.8 Å². The number of fused-ring (bicyclic) bond motifs is 5. The van der Waals surface area contributed by atoms with Crippen LogP contribution in [0.2, 0.25) is 0 Å². The van der Waals surface area contributed by atoms with Crippen LogP contribution in [-0.2, 0) is 10.8 Å². The van der Waals surface area contributed by atoms with Crippen molar-refractivity contribution in [3.05, 3.63) is 143 Å². The van der Waals surface area contributed by atoms with Gasteiger partial charge < -0.3 is 4.74 Å². The van der Waals surface area contributed by atoms with Gasteiger partial charge in [-0.1, -0.05) is 105 Å². The molecule has 1 aliphatic carbocycles. The van der Waals surface area contributed by atoms with Crippen molar-refractivity contribution in [1.82, 2.24) is 0 Å². The van der Waals surface area contributed by atoms with Gasteiger partial charge in [0.1, 0.15) is 11.5 Å². The summed E-state index contributed by atoms with van der Waals surface area (Å²) in [7, 11) is 0. The summed E-state index contributed by atoms with van der Waals surface area (Å²) in [6.45, 7) is 6.99. The Bertz CT molecular complexity index is 1640. The Kier molecular flexibility index (Phi) is 4.39. The zero-order chi connectivity index (χ0) is 24.5. The summed E-state index contributed by atoms with van der Waals surface area (Å²) < 4.78 is 6.43. The first-order chi connectivity index (χ1) is 17.5. The van der Waals surface area contributed by atoms with Gasteiger partial charge in [0.2, 0.25) is 0 Å². The van der Waals surface area contributed by atoms with E-state index < -0.39 is 0 Å². The summed E-state index contributed by atoms with van der Waals surface area (Å²) in [5.41, 5.74) is 11.3. The number of hydrogen-bond acceptors (Lipinski definition) is 1. The highest BCUT2D eigenvalue weighted by Crippen LogP contribution is 2.53. The minimum Gasteiger partial charge on any atom is -0.457 e. The molecular weight excluding hydrogens is 436 g/mol. The molecule has 0 N–H and O–H groups in total. The number of ether oxygens (including phenoxy) is 1. The Balaban J connectivity index is 1.42. The molecule has 174 valence electrons. The maximum Gasteiger partial charge on any atom is 0.131 e. The van der Waals surface area contributed by atoms with Crippen molar-refractivity contribution in [2.75, 3.05) is 0 Å². The fraction of sp³-hybridized carbons (Fsp3) is 0.143. The minimum atomic E-state index is -0.313. The Hall–Kier alpha value is -4.10. The molecule has 0 saturated carbocycles. The third-order valence-corrected chi connectivity index (χ3v) is 8.43. The molecular formula is C35H28O. The van der Waals surface area contributed by atoms with Crippen molar-refractivity contribution >= 4 is 0 Å². The first kappa shape index (κ1) is 21.2. The first-order valence-corrected chi connectivity index (χ1v) is 12.7. The molecule has 1 atom stereocenters. The fourth-order valence-electron chi connectivity index (χ4n) is 6.40. The van der Waals surface area contributed by atoms with E-state index in [1.165, 1.54) is 50.1 Å². The van der Waals surface area contributed by atoms with Gasteiger partial charge in [-0.15, -0.1) is 0 Å².